The van der Waals surface area contributed by atoms with Crippen LogP contribution in [-0.4, -0.2) is 48.6 Å². The van der Waals surface area contributed by atoms with Gasteiger partial charge in [-0.3, -0.25) is 4.79 Å². The van der Waals surface area contributed by atoms with Crippen LogP contribution in [-0.2, 0) is 14.8 Å². The number of carbonyl (C=O) groups excluding carboxylic acids is 1. The van der Waals surface area contributed by atoms with E-state index in [4.69, 9.17) is 0 Å². The zero-order chi connectivity index (χ0) is 22.2. The lowest BCUT2D eigenvalue weighted by Crippen LogP contribution is -2.41. The maximum absolute atomic E-state index is 12.9. The van der Waals surface area contributed by atoms with E-state index in [1.165, 1.54) is 6.07 Å². The molecular formula is C22H25N5O3S. The minimum absolute atomic E-state index is 0.0319. The van der Waals surface area contributed by atoms with Crippen LogP contribution in [0.1, 0.15) is 37.7 Å². The highest BCUT2D eigenvalue weighted by molar-refractivity contribution is 7.90. The monoisotopic (exact) mass is 439 g/mol. The van der Waals surface area contributed by atoms with Crippen LogP contribution in [0, 0.1) is 5.92 Å². The molecule has 0 spiro atoms. The van der Waals surface area contributed by atoms with Gasteiger partial charge < -0.3 is 15.2 Å². The van der Waals surface area contributed by atoms with Crippen molar-refractivity contribution >= 4 is 32.8 Å². The normalized spacial score (nSPS) is 16.4. The van der Waals surface area contributed by atoms with Crippen LogP contribution in [0.15, 0.2) is 57.8 Å². The van der Waals surface area contributed by atoms with Crippen LogP contribution in [0.25, 0.3) is 11.0 Å². The predicted molar refractivity (Wildman–Crippen MR) is 119 cm³/mol. The molecule has 2 aromatic carbocycles. The molecule has 9 heteroatoms. The summed E-state index contributed by atoms with van der Waals surface area (Å²) in [4.78, 5) is 22.6. The van der Waals surface area contributed by atoms with Gasteiger partial charge in [0.25, 0.3) is 10.0 Å². The van der Waals surface area contributed by atoms with Crippen molar-refractivity contribution in [3.63, 3.8) is 0 Å². The number of imidazole rings is 1. The number of nitrogens with zero attached hydrogens (tertiary/aromatic N) is 3. The van der Waals surface area contributed by atoms with Gasteiger partial charge in [-0.15, -0.1) is 4.40 Å². The highest BCUT2D eigenvalue weighted by Crippen LogP contribution is 2.27. The molecule has 1 aliphatic rings. The number of aromatic nitrogens is 2. The molecule has 0 bridgehead atoms. The number of nitrogens with one attached hydrogen (secondary N) is 2. The Morgan fingerprint density at radius 2 is 1.87 bits per heavy atom. The summed E-state index contributed by atoms with van der Waals surface area (Å²) >= 11 is 0. The van der Waals surface area contributed by atoms with E-state index >= 15 is 0 Å². The maximum atomic E-state index is 12.9. The first-order valence-corrected chi connectivity index (χ1v) is 11.6. The maximum Gasteiger partial charge on any atom is 0.285 e. The summed E-state index contributed by atoms with van der Waals surface area (Å²) in [6.07, 6.45) is 0.857. The molecule has 0 saturated carbocycles. The molecule has 2 N–H and O–H groups in total. The quantitative estimate of drug-likeness (QED) is 0.614. The number of amidine groups is 1. The molecule has 0 fully saturated rings. The molecule has 0 radical (unpaired) electrons. The summed E-state index contributed by atoms with van der Waals surface area (Å²) in [6.45, 7) is 4.09. The summed E-state index contributed by atoms with van der Waals surface area (Å²) in [7, 11) is -2.07. The van der Waals surface area contributed by atoms with E-state index in [0.29, 0.717) is 11.4 Å². The number of H-pyrrole nitrogens is 1. The summed E-state index contributed by atoms with van der Waals surface area (Å²) in [6, 6.07) is 14.1. The van der Waals surface area contributed by atoms with Crippen LogP contribution < -0.4 is 5.32 Å². The molecule has 1 aliphatic heterocycles. The Bertz CT molecular complexity index is 1230. The Hall–Kier alpha value is -3.20. The predicted octanol–water partition coefficient (Wildman–Crippen LogP) is 2.85. The second-order valence-corrected chi connectivity index (χ2v) is 9.38. The summed E-state index contributed by atoms with van der Waals surface area (Å²) < 4.78 is 28.5. The standard InChI is InChI=1S/C22H25N5O3S/c1-4-14(2)20(21-23-16-10-6-7-11-17(16)24-21)25-19(28)13-27(3)22-15-9-5-8-12-18(15)31(29,30)26-22/h5-12,14,20H,4,13H2,1-3H3,(H,23,24)(H,25,28). The molecule has 1 aromatic heterocycles. The van der Waals surface area contributed by atoms with E-state index in [0.717, 1.165) is 17.5 Å². The number of hydrogen-bond donors (Lipinski definition) is 2. The molecule has 3 aromatic rings. The Kier molecular flexibility index (Phi) is 5.53. The van der Waals surface area contributed by atoms with Crippen molar-refractivity contribution in [2.24, 2.45) is 10.3 Å². The number of sulfonamides is 1. The van der Waals surface area contributed by atoms with Crippen molar-refractivity contribution < 1.29 is 13.2 Å². The van der Waals surface area contributed by atoms with Gasteiger partial charge in [0.05, 0.1) is 23.6 Å². The van der Waals surface area contributed by atoms with Crippen molar-refractivity contribution in [2.45, 2.75) is 31.2 Å². The number of hydrogen-bond acceptors (Lipinski definition) is 5. The second-order valence-electron chi connectivity index (χ2n) is 7.81. The summed E-state index contributed by atoms with van der Waals surface area (Å²) in [5, 5.41) is 3.07. The molecule has 31 heavy (non-hydrogen) atoms. The third-order valence-corrected chi connectivity index (χ3v) is 6.91. The van der Waals surface area contributed by atoms with Crippen molar-refractivity contribution in [1.82, 2.24) is 20.2 Å². The first-order chi connectivity index (χ1) is 14.8. The van der Waals surface area contributed by atoms with Gasteiger partial charge in [0, 0.05) is 12.6 Å². The molecule has 2 heterocycles. The molecule has 2 unspecified atom stereocenters. The number of benzene rings is 2. The number of carbonyl (C=O) groups is 1. The molecule has 4 rings (SSSR count). The third kappa shape index (κ3) is 4.05. The van der Waals surface area contributed by atoms with Gasteiger partial charge in [0.15, 0.2) is 5.84 Å². The minimum Gasteiger partial charge on any atom is -0.349 e. The van der Waals surface area contributed by atoms with E-state index < -0.39 is 10.0 Å². The van der Waals surface area contributed by atoms with E-state index in [2.05, 4.69) is 33.5 Å². The number of aromatic amines is 1. The first kappa shape index (κ1) is 21.0. The SMILES string of the molecule is CCC(C)C(NC(=O)CN(C)C1=NS(=O)(=O)c2ccccc21)c1nc2ccccc2[nH]1. The van der Waals surface area contributed by atoms with Crippen molar-refractivity contribution in [2.75, 3.05) is 13.6 Å². The van der Waals surface area contributed by atoms with Gasteiger partial charge in [-0.1, -0.05) is 44.5 Å². The zero-order valence-electron chi connectivity index (χ0n) is 17.7. The van der Waals surface area contributed by atoms with Gasteiger partial charge >= 0.3 is 0 Å². The first-order valence-electron chi connectivity index (χ1n) is 10.2. The molecule has 8 nitrogen and oxygen atoms in total. The van der Waals surface area contributed by atoms with Gasteiger partial charge in [-0.25, -0.2) is 4.98 Å². The van der Waals surface area contributed by atoms with E-state index in [1.807, 2.05) is 24.3 Å². The van der Waals surface area contributed by atoms with Crippen molar-refractivity contribution in [3.05, 3.63) is 59.9 Å². The molecule has 0 saturated heterocycles. The fourth-order valence-electron chi connectivity index (χ4n) is 3.71. The molecule has 162 valence electrons. The Morgan fingerprint density at radius 1 is 1.16 bits per heavy atom. The average molecular weight is 440 g/mol. The Morgan fingerprint density at radius 3 is 2.61 bits per heavy atom. The van der Waals surface area contributed by atoms with Crippen LogP contribution in [0.4, 0.5) is 0 Å². The lowest BCUT2D eigenvalue weighted by atomic mass is 9.98. The number of rotatable bonds is 6. The zero-order valence-corrected chi connectivity index (χ0v) is 18.5. The summed E-state index contributed by atoms with van der Waals surface area (Å²) in [5.41, 5.74) is 2.27. The number of likely N-dealkylation sites (N-methyl/N-ethyl adjacent to an activating group) is 1. The summed E-state index contributed by atoms with van der Waals surface area (Å²) in [5.74, 6) is 0.893. The second kappa shape index (κ2) is 8.14. The Labute approximate surface area is 181 Å². The van der Waals surface area contributed by atoms with E-state index in [9.17, 15) is 13.2 Å². The average Bonchev–Trinajstić information content (AvgIpc) is 3.30. The van der Waals surface area contributed by atoms with Crippen molar-refractivity contribution in [3.8, 4) is 0 Å². The smallest absolute Gasteiger partial charge is 0.285 e. The van der Waals surface area contributed by atoms with Crippen molar-refractivity contribution in [1.29, 1.82) is 0 Å². The van der Waals surface area contributed by atoms with E-state index in [-0.39, 0.29) is 35.1 Å². The number of amides is 1. The highest BCUT2D eigenvalue weighted by atomic mass is 32.2. The molecule has 1 amide bonds. The fourth-order valence-corrected chi connectivity index (χ4v) is 4.96. The molecule has 0 aliphatic carbocycles. The lowest BCUT2D eigenvalue weighted by molar-refractivity contribution is -0.122. The third-order valence-electron chi connectivity index (χ3n) is 5.59. The Balaban J connectivity index is 1.53. The van der Waals surface area contributed by atoms with E-state index in [1.54, 1.807) is 30.1 Å². The number of fused-ring (bicyclic) bond motifs is 2. The van der Waals surface area contributed by atoms with Gasteiger partial charge in [0.2, 0.25) is 5.91 Å². The van der Waals surface area contributed by atoms with Crippen LogP contribution in [0.3, 0.4) is 0 Å². The van der Waals surface area contributed by atoms with Crippen LogP contribution >= 0.6 is 0 Å². The van der Waals surface area contributed by atoms with Gasteiger partial charge in [0.1, 0.15) is 10.7 Å². The minimum atomic E-state index is -3.73. The van der Waals surface area contributed by atoms with Gasteiger partial charge in [-0.2, -0.15) is 8.42 Å². The largest absolute Gasteiger partial charge is 0.349 e. The highest BCUT2D eigenvalue weighted by Gasteiger charge is 2.31. The fraction of sp³-hybridized carbons (Fsp3) is 0.318. The topological polar surface area (TPSA) is 108 Å². The number of para-hydroxylation sites is 2. The van der Waals surface area contributed by atoms with Crippen LogP contribution in [0.2, 0.25) is 0 Å². The van der Waals surface area contributed by atoms with Crippen LogP contribution in [0.5, 0.6) is 0 Å². The molecular weight excluding hydrogens is 414 g/mol. The molecule has 2 atom stereocenters. The lowest BCUT2D eigenvalue weighted by Gasteiger charge is -2.25. The van der Waals surface area contributed by atoms with Gasteiger partial charge in [-0.05, 0) is 30.2 Å².